The van der Waals surface area contributed by atoms with E-state index >= 15 is 0 Å². The Hall–Kier alpha value is -1.96. The van der Waals surface area contributed by atoms with Crippen LogP contribution in [0.5, 0.6) is 0 Å². The molecule has 96 valence electrons. The molecule has 3 rings (SSSR count). The molecule has 19 heavy (non-hydrogen) atoms. The molecular formula is C17H14F2. The van der Waals surface area contributed by atoms with Crippen LogP contribution in [0.1, 0.15) is 17.5 Å². The van der Waals surface area contributed by atoms with Crippen LogP contribution in [0.3, 0.4) is 0 Å². The number of benzene rings is 2. The summed E-state index contributed by atoms with van der Waals surface area (Å²) >= 11 is 0. The second-order valence-electron chi connectivity index (χ2n) is 4.87. The van der Waals surface area contributed by atoms with Gasteiger partial charge < -0.3 is 0 Å². The summed E-state index contributed by atoms with van der Waals surface area (Å²) < 4.78 is 27.9. The Labute approximate surface area is 111 Å². The van der Waals surface area contributed by atoms with Gasteiger partial charge in [-0.1, -0.05) is 60.7 Å². The molecule has 1 fully saturated rings. The summed E-state index contributed by atoms with van der Waals surface area (Å²) in [5.41, 5.74) is 0.246. The van der Waals surface area contributed by atoms with Gasteiger partial charge in [-0.25, -0.2) is 8.78 Å². The highest BCUT2D eigenvalue weighted by atomic mass is 19.2. The van der Waals surface area contributed by atoms with E-state index in [4.69, 9.17) is 0 Å². The van der Waals surface area contributed by atoms with Crippen LogP contribution in [0.4, 0.5) is 8.78 Å². The number of allylic oxidation sites excluding steroid dienone is 1. The first kappa shape index (κ1) is 12.1. The second-order valence-corrected chi connectivity index (χ2v) is 4.87. The number of hydrogen-bond acceptors (Lipinski definition) is 0. The average Bonchev–Trinajstić information content (AvgIpc) is 3.07. The standard InChI is InChI=1S/C17H14F2/c18-16-12-17(16,19)15(14-9-5-2-6-10-14)11-13-7-3-1-4-8-13/h1-11,16H,12H2. The highest BCUT2D eigenvalue weighted by molar-refractivity contribution is 5.88. The van der Waals surface area contributed by atoms with Gasteiger partial charge in [-0.15, -0.1) is 0 Å². The van der Waals surface area contributed by atoms with E-state index in [0.29, 0.717) is 5.57 Å². The Morgan fingerprint density at radius 2 is 1.53 bits per heavy atom. The van der Waals surface area contributed by atoms with Gasteiger partial charge in [0.05, 0.1) is 0 Å². The number of hydrogen-bond donors (Lipinski definition) is 0. The van der Waals surface area contributed by atoms with Crippen LogP contribution in [0.15, 0.2) is 60.7 Å². The number of alkyl halides is 2. The lowest BCUT2D eigenvalue weighted by Crippen LogP contribution is -2.08. The molecular weight excluding hydrogens is 242 g/mol. The molecule has 0 spiro atoms. The van der Waals surface area contributed by atoms with Gasteiger partial charge in [0, 0.05) is 6.42 Å². The van der Waals surface area contributed by atoms with Crippen molar-refractivity contribution in [3.63, 3.8) is 0 Å². The van der Waals surface area contributed by atoms with Crippen LogP contribution >= 0.6 is 0 Å². The maximum atomic E-state index is 14.5. The van der Waals surface area contributed by atoms with Crippen LogP contribution in [0.2, 0.25) is 0 Å². The number of rotatable bonds is 3. The van der Waals surface area contributed by atoms with Crippen LogP contribution in [-0.2, 0) is 0 Å². The molecule has 2 unspecified atom stereocenters. The molecule has 0 amide bonds. The lowest BCUT2D eigenvalue weighted by Gasteiger charge is -2.12. The molecule has 2 aromatic carbocycles. The Morgan fingerprint density at radius 3 is 2.05 bits per heavy atom. The van der Waals surface area contributed by atoms with Gasteiger partial charge in [0.25, 0.3) is 0 Å². The maximum Gasteiger partial charge on any atom is 0.170 e. The summed E-state index contributed by atoms with van der Waals surface area (Å²) in [5.74, 6) is 0. The first-order valence-electron chi connectivity index (χ1n) is 6.36. The van der Waals surface area contributed by atoms with Gasteiger partial charge in [0.2, 0.25) is 0 Å². The normalized spacial score (nSPS) is 26.2. The molecule has 0 heterocycles. The predicted octanol–water partition coefficient (Wildman–Crippen LogP) is 4.68. The van der Waals surface area contributed by atoms with E-state index in [0.717, 1.165) is 11.1 Å². The third kappa shape index (κ3) is 2.30. The third-order valence-electron chi connectivity index (χ3n) is 3.46. The predicted molar refractivity (Wildman–Crippen MR) is 74.1 cm³/mol. The first-order chi connectivity index (χ1) is 9.20. The van der Waals surface area contributed by atoms with Crippen molar-refractivity contribution in [2.45, 2.75) is 18.3 Å². The fourth-order valence-corrected chi connectivity index (χ4v) is 2.26. The van der Waals surface area contributed by atoms with Gasteiger partial charge >= 0.3 is 0 Å². The van der Waals surface area contributed by atoms with Crippen molar-refractivity contribution < 1.29 is 8.78 Å². The van der Waals surface area contributed by atoms with Crippen LogP contribution in [0.25, 0.3) is 11.6 Å². The monoisotopic (exact) mass is 256 g/mol. The molecule has 0 bridgehead atoms. The minimum Gasteiger partial charge on any atom is -0.243 e. The van der Waals surface area contributed by atoms with E-state index in [2.05, 4.69) is 0 Å². The van der Waals surface area contributed by atoms with E-state index < -0.39 is 11.8 Å². The molecule has 0 saturated heterocycles. The van der Waals surface area contributed by atoms with Crippen molar-refractivity contribution >= 4 is 11.6 Å². The average molecular weight is 256 g/mol. The quantitative estimate of drug-likeness (QED) is 0.700. The van der Waals surface area contributed by atoms with Crippen LogP contribution < -0.4 is 0 Å². The molecule has 2 atom stereocenters. The van der Waals surface area contributed by atoms with Gasteiger partial charge in [0.15, 0.2) is 5.67 Å². The van der Waals surface area contributed by atoms with E-state index in [9.17, 15) is 8.78 Å². The summed E-state index contributed by atoms with van der Waals surface area (Å²) in [6.07, 6.45) is 0.317. The lowest BCUT2D eigenvalue weighted by atomic mass is 9.97. The van der Waals surface area contributed by atoms with Crippen molar-refractivity contribution in [2.75, 3.05) is 0 Å². The van der Waals surface area contributed by atoms with E-state index in [1.807, 2.05) is 60.7 Å². The van der Waals surface area contributed by atoms with Gasteiger partial charge in [-0.3, -0.25) is 0 Å². The summed E-state index contributed by atoms with van der Waals surface area (Å²) in [6, 6.07) is 18.7. The van der Waals surface area contributed by atoms with Crippen molar-refractivity contribution in [1.82, 2.24) is 0 Å². The zero-order valence-corrected chi connectivity index (χ0v) is 10.4. The van der Waals surface area contributed by atoms with E-state index in [-0.39, 0.29) is 6.42 Å². The Bertz CT molecular complexity index is 589. The van der Waals surface area contributed by atoms with Crippen molar-refractivity contribution in [3.8, 4) is 0 Å². The summed E-state index contributed by atoms with van der Waals surface area (Å²) in [4.78, 5) is 0. The molecule has 0 nitrogen and oxygen atoms in total. The minimum atomic E-state index is -1.82. The van der Waals surface area contributed by atoms with Crippen LogP contribution in [0, 0.1) is 0 Å². The largest absolute Gasteiger partial charge is 0.243 e. The molecule has 0 aliphatic heterocycles. The summed E-state index contributed by atoms with van der Waals surface area (Å²) in [6.45, 7) is 0. The smallest absolute Gasteiger partial charge is 0.170 e. The minimum absolute atomic E-state index is 0.0411. The van der Waals surface area contributed by atoms with Crippen molar-refractivity contribution in [3.05, 3.63) is 71.8 Å². The van der Waals surface area contributed by atoms with Gasteiger partial charge in [0.1, 0.15) is 6.17 Å². The first-order valence-corrected chi connectivity index (χ1v) is 6.36. The summed E-state index contributed by atoms with van der Waals surface area (Å²) in [7, 11) is 0. The van der Waals surface area contributed by atoms with E-state index in [1.54, 1.807) is 6.08 Å². The molecule has 2 heteroatoms. The van der Waals surface area contributed by atoms with Crippen molar-refractivity contribution in [2.24, 2.45) is 0 Å². The summed E-state index contributed by atoms with van der Waals surface area (Å²) in [5, 5.41) is 0. The second kappa shape index (κ2) is 4.61. The molecule has 1 aliphatic rings. The molecule has 0 N–H and O–H groups in total. The lowest BCUT2D eigenvalue weighted by molar-refractivity contribution is 0.313. The zero-order valence-electron chi connectivity index (χ0n) is 10.4. The van der Waals surface area contributed by atoms with Gasteiger partial charge in [-0.05, 0) is 22.8 Å². The van der Waals surface area contributed by atoms with Crippen molar-refractivity contribution in [1.29, 1.82) is 0 Å². The molecule has 0 aromatic heterocycles. The zero-order chi connectivity index (χ0) is 13.3. The van der Waals surface area contributed by atoms with E-state index in [1.165, 1.54) is 0 Å². The fraction of sp³-hybridized carbons (Fsp3) is 0.176. The molecule has 2 aromatic rings. The third-order valence-corrected chi connectivity index (χ3v) is 3.46. The Morgan fingerprint density at radius 1 is 1.00 bits per heavy atom. The highest BCUT2D eigenvalue weighted by Gasteiger charge is 2.59. The molecule has 1 aliphatic carbocycles. The molecule has 0 radical (unpaired) electrons. The van der Waals surface area contributed by atoms with Crippen LogP contribution in [-0.4, -0.2) is 11.8 Å². The topological polar surface area (TPSA) is 0 Å². The SMILES string of the molecule is FC1CC1(F)C(=Cc1ccccc1)c1ccccc1. The highest BCUT2D eigenvalue weighted by Crippen LogP contribution is 2.53. The molecule has 1 saturated carbocycles. The Kier molecular flexibility index (Phi) is 2.94. The van der Waals surface area contributed by atoms with Gasteiger partial charge in [-0.2, -0.15) is 0 Å². The maximum absolute atomic E-state index is 14.5. The fourth-order valence-electron chi connectivity index (χ4n) is 2.26. The number of halogens is 2. The Balaban J connectivity index is 2.06.